The minimum absolute atomic E-state index is 0.226. The number of hydrogen-bond donors (Lipinski definition) is 0. The van der Waals surface area contributed by atoms with Crippen LogP contribution < -0.4 is 19.6 Å². The molecule has 5 rings (SSSR count). The number of carbonyl (C=O) groups excluding carboxylic acids is 1. The summed E-state index contributed by atoms with van der Waals surface area (Å²) in [5.74, 6) is 0.146. The van der Waals surface area contributed by atoms with Crippen LogP contribution in [-0.2, 0) is 16.1 Å². The first-order chi connectivity index (χ1) is 19.3. The Kier molecular flexibility index (Phi) is 8.54. The van der Waals surface area contributed by atoms with Crippen molar-refractivity contribution < 1.29 is 14.3 Å². The Bertz CT molecular complexity index is 1790. The largest absolute Gasteiger partial charge is 0.487 e. The number of carbonyl (C=O) groups is 1. The van der Waals surface area contributed by atoms with Crippen LogP contribution in [0.15, 0.2) is 96.7 Å². The van der Waals surface area contributed by atoms with Gasteiger partial charge in [0.15, 0.2) is 4.80 Å². The van der Waals surface area contributed by atoms with Gasteiger partial charge in [0.1, 0.15) is 12.4 Å². The molecule has 6 nitrogen and oxygen atoms in total. The third kappa shape index (κ3) is 5.77. The summed E-state index contributed by atoms with van der Waals surface area (Å²) >= 11 is 8.46. The highest BCUT2D eigenvalue weighted by Crippen LogP contribution is 2.34. The van der Waals surface area contributed by atoms with Crippen LogP contribution in [0.25, 0.3) is 6.08 Å². The van der Waals surface area contributed by atoms with Crippen LogP contribution in [0.3, 0.4) is 0 Å². The second-order valence-corrected chi connectivity index (χ2v) is 12.1. The molecule has 2 heterocycles. The van der Waals surface area contributed by atoms with Crippen LogP contribution in [0.2, 0.25) is 0 Å². The lowest BCUT2D eigenvalue weighted by Gasteiger charge is -2.24. The average molecular weight is 682 g/mol. The Morgan fingerprint density at radius 3 is 2.50 bits per heavy atom. The molecule has 1 aliphatic rings. The number of hydrogen-bond acceptors (Lipinski definition) is 6. The SMILES string of the molecule is CCOC(=O)C1=C(C)N=c2s/c(=C\c3cc(Br)cc(Br)c3OCc3ccccc3)c(=O)n2[C@@H]1c1ccc(C)cc1. The monoisotopic (exact) mass is 680 g/mol. The summed E-state index contributed by atoms with van der Waals surface area (Å²) in [6.45, 7) is 6.14. The molecule has 0 N–H and O–H groups in total. The molecule has 0 spiro atoms. The number of thiazole rings is 1. The highest BCUT2D eigenvalue weighted by atomic mass is 79.9. The van der Waals surface area contributed by atoms with Gasteiger partial charge in [-0.1, -0.05) is 87.4 Å². The van der Waals surface area contributed by atoms with Crippen LogP contribution in [0.1, 0.15) is 42.1 Å². The number of rotatable bonds is 7. The van der Waals surface area contributed by atoms with Crippen molar-refractivity contribution in [1.82, 2.24) is 4.57 Å². The van der Waals surface area contributed by atoms with Crippen molar-refractivity contribution in [2.75, 3.05) is 6.61 Å². The Hall–Kier alpha value is -3.27. The number of allylic oxidation sites excluding steroid dienone is 1. The summed E-state index contributed by atoms with van der Waals surface area (Å²) in [6.07, 6.45) is 1.81. The first-order valence-electron chi connectivity index (χ1n) is 12.7. The van der Waals surface area contributed by atoms with E-state index < -0.39 is 12.0 Å². The van der Waals surface area contributed by atoms with Crippen molar-refractivity contribution in [3.05, 3.63) is 129 Å². The zero-order chi connectivity index (χ0) is 28.4. The number of nitrogens with zero attached hydrogens (tertiary/aromatic N) is 2. The minimum Gasteiger partial charge on any atom is -0.487 e. The lowest BCUT2D eigenvalue weighted by atomic mass is 9.95. The summed E-state index contributed by atoms with van der Waals surface area (Å²) < 4.78 is 15.3. The number of fused-ring (bicyclic) bond motifs is 1. The molecule has 9 heteroatoms. The van der Waals surface area contributed by atoms with E-state index in [2.05, 4.69) is 36.9 Å². The molecule has 0 saturated heterocycles. The Morgan fingerprint density at radius 1 is 1.07 bits per heavy atom. The average Bonchev–Trinajstić information content (AvgIpc) is 3.22. The maximum atomic E-state index is 14.0. The van der Waals surface area contributed by atoms with E-state index in [0.29, 0.717) is 33.0 Å². The summed E-state index contributed by atoms with van der Waals surface area (Å²) in [7, 11) is 0. The van der Waals surface area contributed by atoms with E-state index in [1.54, 1.807) is 18.4 Å². The van der Waals surface area contributed by atoms with Gasteiger partial charge in [-0.3, -0.25) is 9.36 Å². The minimum atomic E-state index is -0.652. The van der Waals surface area contributed by atoms with Crippen molar-refractivity contribution in [3.8, 4) is 5.75 Å². The first kappa shape index (κ1) is 28.3. The summed E-state index contributed by atoms with van der Waals surface area (Å²) in [6, 6.07) is 20.9. The van der Waals surface area contributed by atoms with E-state index in [0.717, 1.165) is 31.2 Å². The molecule has 0 fully saturated rings. The van der Waals surface area contributed by atoms with E-state index in [4.69, 9.17) is 9.47 Å². The number of aromatic nitrogens is 1. The van der Waals surface area contributed by atoms with Gasteiger partial charge in [0.2, 0.25) is 0 Å². The first-order valence-corrected chi connectivity index (χ1v) is 15.1. The van der Waals surface area contributed by atoms with Crippen LogP contribution >= 0.6 is 43.2 Å². The number of halogens is 2. The molecule has 4 aromatic rings. The van der Waals surface area contributed by atoms with Crippen molar-refractivity contribution >= 4 is 55.2 Å². The normalized spacial score (nSPS) is 15.0. The van der Waals surface area contributed by atoms with Gasteiger partial charge in [-0.05, 0) is 66.0 Å². The van der Waals surface area contributed by atoms with Gasteiger partial charge in [-0.15, -0.1) is 0 Å². The lowest BCUT2D eigenvalue weighted by Crippen LogP contribution is -2.39. The molecule has 0 radical (unpaired) electrons. The quantitative estimate of drug-likeness (QED) is 0.218. The van der Waals surface area contributed by atoms with E-state index in [9.17, 15) is 9.59 Å². The summed E-state index contributed by atoms with van der Waals surface area (Å²) in [5, 5.41) is 0. The molecule has 0 saturated carbocycles. The van der Waals surface area contributed by atoms with Crippen molar-refractivity contribution in [2.45, 2.75) is 33.4 Å². The molecule has 0 bridgehead atoms. The Labute approximate surface area is 252 Å². The highest BCUT2D eigenvalue weighted by Gasteiger charge is 2.33. The van der Waals surface area contributed by atoms with Gasteiger partial charge < -0.3 is 9.47 Å². The third-order valence-electron chi connectivity index (χ3n) is 6.46. The standard InChI is InChI=1S/C31H26Br2N2O4S/c1-4-38-30(37)26-19(3)34-31-35(27(26)21-12-10-18(2)11-13-21)29(36)25(40-31)15-22-14-23(32)16-24(33)28(22)39-17-20-8-6-5-7-9-20/h5-16,27H,4,17H2,1-3H3/b25-15-/t27-/m1/s1. The van der Waals surface area contributed by atoms with Crippen molar-refractivity contribution in [3.63, 3.8) is 0 Å². The maximum Gasteiger partial charge on any atom is 0.338 e. The van der Waals surface area contributed by atoms with Crippen LogP contribution in [0, 0.1) is 6.92 Å². The molecule has 40 heavy (non-hydrogen) atoms. The molecule has 1 aliphatic heterocycles. The fourth-order valence-corrected chi connectivity index (χ4v) is 6.98. The molecule has 1 aromatic heterocycles. The van der Waals surface area contributed by atoms with E-state index in [-0.39, 0.29) is 12.2 Å². The zero-order valence-corrected chi connectivity index (χ0v) is 26.1. The second-order valence-electron chi connectivity index (χ2n) is 9.29. The van der Waals surface area contributed by atoms with E-state index in [1.807, 2.05) is 79.7 Å². The van der Waals surface area contributed by atoms with Gasteiger partial charge in [0.25, 0.3) is 5.56 Å². The number of ether oxygens (including phenoxy) is 2. The number of aryl methyl sites for hydroxylation is 1. The fraction of sp³-hybridized carbons (Fsp3) is 0.194. The third-order valence-corrected chi connectivity index (χ3v) is 8.49. The summed E-state index contributed by atoms with van der Waals surface area (Å²) in [4.78, 5) is 32.3. The maximum absolute atomic E-state index is 14.0. The van der Waals surface area contributed by atoms with Crippen molar-refractivity contribution in [2.24, 2.45) is 4.99 Å². The molecule has 0 amide bonds. The molecular weight excluding hydrogens is 656 g/mol. The van der Waals surface area contributed by atoms with Gasteiger partial charge in [0.05, 0.1) is 32.9 Å². The van der Waals surface area contributed by atoms with Gasteiger partial charge >= 0.3 is 5.97 Å². The van der Waals surface area contributed by atoms with Gasteiger partial charge in [-0.25, -0.2) is 9.79 Å². The second kappa shape index (κ2) is 12.1. The smallest absolute Gasteiger partial charge is 0.338 e. The van der Waals surface area contributed by atoms with E-state index in [1.165, 1.54) is 11.3 Å². The predicted octanol–water partition coefficient (Wildman–Crippen LogP) is 6.21. The molecule has 1 atom stereocenters. The predicted molar refractivity (Wildman–Crippen MR) is 164 cm³/mol. The van der Waals surface area contributed by atoms with Crippen LogP contribution in [-0.4, -0.2) is 17.1 Å². The van der Waals surface area contributed by atoms with Gasteiger partial charge in [0, 0.05) is 10.0 Å². The molecular formula is C31H26Br2N2O4S. The van der Waals surface area contributed by atoms with Crippen LogP contribution in [0.4, 0.5) is 0 Å². The topological polar surface area (TPSA) is 69.9 Å². The van der Waals surface area contributed by atoms with Gasteiger partial charge in [-0.2, -0.15) is 0 Å². The Balaban J connectivity index is 1.65. The molecule has 204 valence electrons. The van der Waals surface area contributed by atoms with E-state index >= 15 is 0 Å². The summed E-state index contributed by atoms with van der Waals surface area (Å²) in [5.41, 5.74) is 4.31. The lowest BCUT2D eigenvalue weighted by molar-refractivity contribution is -0.139. The number of benzene rings is 3. The molecule has 0 aliphatic carbocycles. The van der Waals surface area contributed by atoms with Crippen LogP contribution in [0.5, 0.6) is 5.75 Å². The zero-order valence-electron chi connectivity index (χ0n) is 22.1. The molecule has 0 unspecified atom stereocenters. The molecule has 3 aromatic carbocycles. The fourth-order valence-electron chi connectivity index (χ4n) is 4.57. The highest BCUT2D eigenvalue weighted by molar-refractivity contribution is 9.11. The Morgan fingerprint density at radius 2 is 1.80 bits per heavy atom. The number of esters is 1. The van der Waals surface area contributed by atoms with Crippen molar-refractivity contribution in [1.29, 1.82) is 0 Å².